The summed E-state index contributed by atoms with van der Waals surface area (Å²) in [6.07, 6.45) is -2.03. The summed E-state index contributed by atoms with van der Waals surface area (Å²) in [5.74, 6) is -0.422. The average Bonchev–Trinajstić information content (AvgIpc) is 2.86. The van der Waals surface area contributed by atoms with E-state index in [2.05, 4.69) is 17.9 Å². The lowest BCUT2D eigenvalue weighted by atomic mass is 9.95. The van der Waals surface area contributed by atoms with E-state index in [9.17, 15) is 14.7 Å². The molecule has 0 aliphatic carbocycles. The van der Waals surface area contributed by atoms with Crippen LogP contribution in [-0.2, 0) is 19.0 Å². The molecule has 0 saturated carbocycles. The predicted molar refractivity (Wildman–Crippen MR) is 130 cm³/mol. The molecule has 0 heterocycles. The highest BCUT2D eigenvalue weighted by Gasteiger charge is 2.29. The SMILES string of the molecule is CO[C@@H](CCOC(=O)CS)[C@@H](OC(=O)Nc1ccc(C#N)cc1)c1ccc(O)c2ccccc12. The number of phenolic OH excluding ortho intramolecular Hbond substituents is 1. The molecule has 3 aromatic rings. The Bertz CT molecular complexity index is 1190. The van der Waals surface area contributed by atoms with E-state index >= 15 is 0 Å². The van der Waals surface area contributed by atoms with E-state index in [0.717, 1.165) is 0 Å². The summed E-state index contributed by atoms with van der Waals surface area (Å²) in [4.78, 5) is 24.3. The third kappa shape index (κ3) is 6.19. The highest BCUT2D eigenvalue weighted by Crippen LogP contribution is 2.35. The van der Waals surface area contributed by atoms with E-state index in [1.165, 1.54) is 13.2 Å². The number of carbonyl (C=O) groups excluding carboxylic acids is 2. The van der Waals surface area contributed by atoms with Crippen LogP contribution in [0.1, 0.15) is 23.7 Å². The Kier molecular flexibility index (Phi) is 8.73. The maximum atomic E-state index is 12.8. The third-order valence-electron chi connectivity index (χ3n) is 5.17. The van der Waals surface area contributed by atoms with Crippen LogP contribution < -0.4 is 5.32 Å². The number of nitriles is 1. The lowest BCUT2D eigenvalue weighted by Crippen LogP contribution is -2.29. The molecular formula is C25H24N2O6S. The number of nitrogens with one attached hydrogen (secondary N) is 1. The van der Waals surface area contributed by atoms with Crippen LogP contribution in [0.2, 0.25) is 0 Å². The van der Waals surface area contributed by atoms with Crippen LogP contribution in [0.5, 0.6) is 5.75 Å². The van der Waals surface area contributed by atoms with Crippen molar-refractivity contribution in [3.63, 3.8) is 0 Å². The van der Waals surface area contributed by atoms with Crippen molar-refractivity contribution < 1.29 is 28.9 Å². The molecule has 0 bridgehead atoms. The van der Waals surface area contributed by atoms with Gasteiger partial charge in [0.05, 0.1) is 24.0 Å². The van der Waals surface area contributed by atoms with Crippen molar-refractivity contribution in [1.29, 1.82) is 5.26 Å². The van der Waals surface area contributed by atoms with Gasteiger partial charge in [0.15, 0.2) is 6.10 Å². The summed E-state index contributed by atoms with van der Waals surface area (Å²) in [5, 5.41) is 23.2. The summed E-state index contributed by atoms with van der Waals surface area (Å²) in [7, 11) is 1.47. The van der Waals surface area contributed by atoms with E-state index in [-0.39, 0.29) is 24.5 Å². The molecule has 0 fully saturated rings. The van der Waals surface area contributed by atoms with E-state index in [0.29, 0.717) is 27.6 Å². The highest BCUT2D eigenvalue weighted by atomic mass is 32.1. The summed E-state index contributed by atoms with van der Waals surface area (Å²) >= 11 is 3.89. The number of hydrogen-bond donors (Lipinski definition) is 3. The van der Waals surface area contributed by atoms with Crippen LogP contribution in [0.25, 0.3) is 10.8 Å². The molecule has 34 heavy (non-hydrogen) atoms. The molecule has 0 aromatic heterocycles. The molecule has 176 valence electrons. The second-order valence-electron chi connectivity index (χ2n) is 7.30. The molecule has 3 aromatic carbocycles. The van der Waals surface area contributed by atoms with Crippen LogP contribution >= 0.6 is 12.6 Å². The Hall–Kier alpha value is -3.74. The van der Waals surface area contributed by atoms with Gasteiger partial charge < -0.3 is 19.3 Å². The van der Waals surface area contributed by atoms with Gasteiger partial charge in [-0.1, -0.05) is 30.3 Å². The number of esters is 1. The number of nitrogens with zero attached hydrogens (tertiary/aromatic N) is 1. The number of fused-ring (bicyclic) bond motifs is 1. The molecule has 2 N–H and O–H groups in total. The van der Waals surface area contributed by atoms with E-state index in [1.807, 2.05) is 18.2 Å². The summed E-state index contributed by atoms with van der Waals surface area (Å²) < 4.78 is 16.6. The number of benzene rings is 3. The number of phenols is 1. The fraction of sp³-hybridized carbons (Fsp3) is 0.240. The zero-order chi connectivity index (χ0) is 24.5. The normalized spacial score (nSPS) is 12.4. The minimum absolute atomic E-state index is 0.0466. The fourth-order valence-corrected chi connectivity index (χ4v) is 3.60. The van der Waals surface area contributed by atoms with Crippen molar-refractivity contribution in [2.24, 2.45) is 0 Å². The van der Waals surface area contributed by atoms with Gasteiger partial charge in [-0.3, -0.25) is 10.1 Å². The first-order valence-electron chi connectivity index (χ1n) is 10.4. The Balaban J connectivity index is 1.90. The van der Waals surface area contributed by atoms with Gasteiger partial charge in [0.1, 0.15) is 11.9 Å². The number of hydrogen-bond acceptors (Lipinski definition) is 8. The molecule has 2 atom stereocenters. The maximum Gasteiger partial charge on any atom is 0.412 e. The number of rotatable bonds is 9. The molecular weight excluding hydrogens is 456 g/mol. The average molecular weight is 481 g/mol. The second kappa shape index (κ2) is 11.9. The monoisotopic (exact) mass is 480 g/mol. The molecule has 0 saturated heterocycles. The Labute approximate surface area is 202 Å². The zero-order valence-electron chi connectivity index (χ0n) is 18.4. The van der Waals surface area contributed by atoms with Crippen molar-refractivity contribution in [2.45, 2.75) is 18.6 Å². The Morgan fingerprint density at radius 1 is 1.09 bits per heavy atom. The van der Waals surface area contributed by atoms with Crippen molar-refractivity contribution >= 4 is 41.2 Å². The van der Waals surface area contributed by atoms with Gasteiger partial charge in [-0.05, 0) is 35.7 Å². The van der Waals surface area contributed by atoms with Gasteiger partial charge in [-0.25, -0.2) is 4.79 Å². The molecule has 9 heteroatoms. The van der Waals surface area contributed by atoms with Crippen LogP contribution in [-0.4, -0.2) is 42.7 Å². The number of amides is 1. The van der Waals surface area contributed by atoms with E-state index in [1.54, 1.807) is 42.5 Å². The smallest absolute Gasteiger partial charge is 0.412 e. The molecule has 0 aliphatic rings. The summed E-state index contributed by atoms with van der Waals surface area (Å²) in [6, 6.07) is 18.7. The molecule has 8 nitrogen and oxygen atoms in total. The van der Waals surface area contributed by atoms with Crippen LogP contribution in [0.15, 0.2) is 60.7 Å². The van der Waals surface area contributed by atoms with Gasteiger partial charge in [0.25, 0.3) is 0 Å². The molecule has 0 aliphatic heterocycles. The van der Waals surface area contributed by atoms with E-state index in [4.69, 9.17) is 19.5 Å². The van der Waals surface area contributed by atoms with Crippen LogP contribution in [0.3, 0.4) is 0 Å². The minimum Gasteiger partial charge on any atom is -0.507 e. The van der Waals surface area contributed by atoms with Crippen LogP contribution in [0.4, 0.5) is 10.5 Å². The van der Waals surface area contributed by atoms with Gasteiger partial charge in [-0.2, -0.15) is 17.9 Å². The first kappa shape index (κ1) is 24.9. The van der Waals surface area contributed by atoms with E-state index < -0.39 is 24.3 Å². The van der Waals surface area contributed by atoms with Crippen LogP contribution in [0, 0.1) is 11.3 Å². The minimum atomic E-state index is -0.886. The predicted octanol–water partition coefficient (Wildman–Crippen LogP) is 4.58. The number of thiol groups is 1. The largest absolute Gasteiger partial charge is 0.507 e. The first-order chi connectivity index (χ1) is 16.5. The number of carbonyl (C=O) groups is 2. The lowest BCUT2D eigenvalue weighted by molar-refractivity contribution is -0.141. The Morgan fingerprint density at radius 2 is 1.79 bits per heavy atom. The molecule has 0 radical (unpaired) electrons. The van der Waals surface area contributed by atoms with Crippen molar-refractivity contribution in [1.82, 2.24) is 0 Å². The quantitative estimate of drug-likeness (QED) is 0.303. The maximum absolute atomic E-state index is 12.8. The van der Waals surface area contributed by atoms with Gasteiger partial charge in [0, 0.05) is 30.2 Å². The molecule has 0 spiro atoms. The van der Waals surface area contributed by atoms with Gasteiger partial charge in [-0.15, -0.1) is 0 Å². The van der Waals surface area contributed by atoms with Crippen molar-refractivity contribution in [3.05, 3.63) is 71.8 Å². The van der Waals surface area contributed by atoms with Gasteiger partial charge in [0.2, 0.25) is 0 Å². The number of methoxy groups -OCH3 is 1. The zero-order valence-corrected chi connectivity index (χ0v) is 19.3. The molecule has 1 amide bonds. The second-order valence-corrected chi connectivity index (χ2v) is 7.62. The van der Waals surface area contributed by atoms with Gasteiger partial charge >= 0.3 is 12.1 Å². The fourth-order valence-electron chi connectivity index (χ4n) is 3.51. The third-order valence-corrected chi connectivity index (χ3v) is 5.43. The summed E-state index contributed by atoms with van der Waals surface area (Å²) in [6.45, 7) is 0.0466. The summed E-state index contributed by atoms with van der Waals surface area (Å²) in [5.41, 5.74) is 1.54. The highest BCUT2D eigenvalue weighted by molar-refractivity contribution is 7.81. The number of ether oxygens (including phenoxy) is 3. The Morgan fingerprint density at radius 3 is 2.44 bits per heavy atom. The standard InChI is InChI=1S/C25H24N2O6S/c1-31-22(12-13-32-23(29)15-34)24(20-10-11-21(28)19-5-3-2-4-18(19)20)33-25(30)27-17-8-6-16(14-26)7-9-17/h2-11,22,24,28,34H,12-13,15H2,1H3,(H,27,30)/t22-,24-/m0/s1. The first-order valence-corrected chi connectivity index (χ1v) is 11.1. The van der Waals surface area contributed by atoms with Crippen molar-refractivity contribution in [3.8, 4) is 11.8 Å². The molecule has 0 unspecified atom stereocenters. The molecule has 3 rings (SSSR count). The topological polar surface area (TPSA) is 118 Å². The van der Waals surface area contributed by atoms with Crippen molar-refractivity contribution in [2.75, 3.05) is 24.8 Å². The number of anilines is 1. The lowest BCUT2D eigenvalue weighted by Gasteiger charge is -2.27. The number of aromatic hydroxyl groups is 1.